The number of alkyl halides is 2. The molecule has 3 saturated carbocycles. The quantitative estimate of drug-likeness (QED) is 0.0890. The van der Waals surface area contributed by atoms with Gasteiger partial charge in [-0.2, -0.15) is 17.2 Å². The Morgan fingerprint density at radius 1 is 0.911 bits per heavy atom. The Kier molecular flexibility index (Phi) is 11.3. The first-order chi connectivity index (χ1) is 26.4. The molecule has 0 aromatic rings. The van der Waals surface area contributed by atoms with Gasteiger partial charge in [0.1, 0.15) is 25.3 Å². The summed E-state index contributed by atoms with van der Waals surface area (Å²) in [5, 5.41) is -4.67. The minimum Gasteiger partial charge on any atom is -0.465 e. The number of carbonyl (C=O) groups excluding carboxylic acids is 5. The molecule has 6 bridgehead atoms. The molecule has 56 heavy (non-hydrogen) atoms. The molecule has 16 heteroatoms. The number of esters is 3. The predicted molar refractivity (Wildman–Crippen MR) is 191 cm³/mol. The van der Waals surface area contributed by atoms with Gasteiger partial charge in [0.05, 0.1) is 35.4 Å². The molecule has 1 aliphatic heterocycles. The summed E-state index contributed by atoms with van der Waals surface area (Å²) in [4.78, 5) is 65.3. The van der Waals surface area contributed by atoms with Gasteiger partial charge in [-0.1, -0.05) is 41.9 Å². The second-order valence-corrected chi connectivity index (χ2v) is 19.1. The van der Waals surface area contributed by atoms with Crippen LogP contribution in [0.4, 0.5) is 8.78 Å². The molecule has 1 N–H and O–H groups in total. The van der Waals surface area contributed by atoms with Gasteiger partial charge >= 0.3 is 33.3 Å². The molecule has 7 unspecified atom stereocenters. The van der Waals surface area contributed by atoms with E-state index in [9.17, 15) is 41.2 Å². The van der Waals surface area contributed by atoms with Crippen molar-refractivity contribution in [3.63, 3.8) is 0 Å². The van der Waals surface area contributed by atoms with Crippen molar-refractivity contribution in [3.8, 4) is 0 Å². The Morgan fingerprint density at radius 2 is 1.54 bits per heavy atom. The molecule has 6 aliphatic carbocycles. The van der Waals surface area contributed by atoms with Gasteiger partial charge in [0.15, 0.2) is 12.9 Å². The monoisotopic (exact) mass is 808 g/mol. The smallest absolute Gasteiger partial charge is 0.402 e. The maximum Gasteiger partial charge on any atom is 0.402 e. The van der Waals surface area contributed by atoms with E-state index in [1.807, 2.05) is 25.2 Å². The maximum absolute atomic E-state index is 14.0. The number of halogens is 2. The minimum absolute atomic E-state index is 0.0700. The first-order valence-corrected chi connectivity index (χ1v) is 21.1. The lowest BCUT2D eigenvalue weighted by Crippen LogP contribution is -2.52. The number of rotatable bonds is 12. The van der Waals surface area contributed by atoms with E-state index < -0.39 is 74.3 Å². The van der Waals surface area contributed by atoms with Crippen LogP contribution in [-0.4, -0.2) is 87.5 Å². The molecule has 7 aliphatic rings. The van der Waals surface area contributed by atoms with Crippen molar-refractivity contribution < 1.29 is 69.4 Å². The van der Waals surface area contributed by atoms with E-state index >= 15 is 0 Å². The van der Waals surface area contributed by atoms with Gasteiger partial charge in [-0.25, -0.2) is 0 Å². The maximum atomic E-state index is 14.0. The molecule has 13 nitrogen and oxygen atoms in total. The van der Waals surface area contributed by atoms with Crippen LogP contribution in [0.3, 0.4) is 0 Å². The molecule has 0 spiro atoms. The highest BCUT2D eigenvalue weighted by atomic mass is 32.2. The first kappa shape index (κ1) is 40.8. The molecule has 0 radical (unpaired) electrons. The van der Waals surface area contributed by atoms with Crippen molar-refractivity contribution >= 4 is 40.1 Å². The fourth-order valence-electron chi connectivity index (χ4n) is 10.3. The Hall–Kier alpha value is -3.34. The lowest BCUT2D eigenvalue weighted by atomic mass is 9.63. The first-order valence-electron chi connectivity index (χ1n) is 19.6. The van der Waals surface area contributed by atoms with E-state index in [2.05, 4.69) is 0 Å². The number of ether oxygens (including phenoxy) is 5. The van der Waals surface area contributed by atoms with Crippen molar-refractivity contribution in [1.29, 1.82) is 0 Å². The van der Waals surface area contributed by atoms with E-state index in [1.54, 1.807) is 0 Å². The highest BCUT2D eigenvalue weighted by Gasteiger charge is 2.53. The van der Waals surface area contributed by atoms with Gasteiger partial charge in [0.2, 0.25) is 0 Å². The summed E-state index contributed by atoms with van der Waals surface area (Å²) in [7, 11) is -5.80. The number of Topliss-reactive ketones (excluding diaryl/α,β-unsaturated/α-hetero) is 1. The largest absolute Gasteiger partial charge is 0.465 e. The molecule has 4 fully saturated rings. The van der Waals surface area contributed by atoms with Crippen LogP contribution >= 0.6 is 0 Å². The summed E-state index contributed by atoms with van der Waals surface area (Å²) in [6, 6.07) is 0. The van der Waals surface area contributed by atoms with Crippen molar-refractivity contribution in [1.82, 2.24) is 0 Å². The standard InChI is InChI=1S/C40H50F2O13S/c1-24-8-27-11-29(32(24)44)13-30(12-27)33(45)51-19-37(22-54-35(46)38-6-2-4-25(14-38)9-28(16-38)18-43)20-52-34(53-21-37)31-10-26-5-3-7-39(15-26,17-31)36(47)55-23-40(41,42)56(48,49)50/h8-10,18,24,28-31,34H,2-7,11-17,19-23H2,1H3,(H,48,49,50). The highest BCUT2D eigenvalue weighted by Crippen LogP contribution is 2.52. The van der Waals surface area contributed by atoms with Crippen molar-refractivity contribution in [2.75, 3.05) is 33.0 Å². The summed E-state index contributed by atoms with van der Waals surface area (Å²) in [5.41, 5.74) is -0.218. The number of allylic oxidation sites excluding steroid dienone is 5. The molecule has 1 heterocycles. The van der Waals surface area contributed by atoms with Crippen molar-refractivity contribution in [2.24, 2.45) is 45.8 Å². The molecule has 0 amide bonds. The average molecular weight is 809 g/mol. The lowest BCUT2D eigenvalue weighted by molar-refractivity contribution is -0.264. The number of hydrogen-bond donors (Lipinski definition) is 1. The van der Waals surface area contributed by atoms with Crippen molar-refractivity contribution in [2.45, 2.75) is 102 Å². The zero-order chi connectivity index (χ0) is 40.1. The SMILES string of the molecule is CC1C=C2CC(C(=O)OCC3(COC(=O)C45CCCC(=CC(C=O)C4)C5)COC(C4C=C5CCCC(C(=O)OCC(F)(F)S(=O)(=O)O)(C5)C4)OC3)CC(C2)C1=O. The van der Waals surface area contributed by atoms with Gasteiger partial charge < -0.3 is 28.5 Å². The van der Waals surface area contributed by atoms with Crippen LogP contribution < -0.4 is 0 Å². The third-order valence-corrected chi connectivity index (χ3v) is 14.0. The Labute approximate surface area is 324 Å². The molecule has 7 atom stereocenters. The average Bonchev–Trinajstić information content (AvgIpc) is 3.16. The third kappa shape index (κ3) is 8.17. The molecule has 0 aromatic carbocycles. The number of carbonyl (C=O) groups is 5. The van der Waals surface area contributed by atoms with Gasteiger partial charge in [-0.15, -0.1) is 0 Å². The van der Waals surface area contributed by atoms with Gasteiger partial charge in [-0.3, -0.25) is 23.7 Å². The fourth-order valence-corrected chi connectivity index (χ4v) is 10.5. The molecule has 0 aromatic heterocycles. The summed E-state index contributed by atoms with van der Waals surface area (Å²) in [6.07, 6.45) is 12.2. The van der Waals surface area contributed by atoms with E-state index in [4.69, 9.17) is 28.2 Å². The zero-order valence-corrected chi connectivity index (χ0v) is 32.3. The summed E-state index contributed by atoms with van der Waals surface area (Å²) in [6.45, 7) is -0.525. The predicted octanol–water partition coefficient (Wildman–Crippen LogP) is 5.23. The number of fused-ring (bicyclic) bond motifs is 6. The van der Waals surface area contributed by atoms with E-state index in [0.717, 1.165) is 35.8 Å². The summed E-state index contributed by atoms with van der Waals surface area (Å²) >= 11 is 0. The Morgan fingerprint density at radius 3 is 2.20 bits per heavy atom. The van der Waals surface area contributed by atoms with Crippen LogP contribution in [0.2, 0.25) is 0 Å². The number of hydrogen-bond acceptors (Lipinski definition) is 12. The van der Waals surface area contributed by atoms with E-state index in [0.29, 0.717) is 57.8 Å². The van der Waals surface area contributed by atoms with Crippen LogP contribution in [0.5, 0.6) is 0 Å². The lowest BCUT2D eigenvalue weighted by Gasteiger charge is -2.46. The zero-order valence-electron chi connectivity index (χ0n) is 31.5. The topological polar surface area (TPSA) is 186 Å². The van der Waals surface area contributed by atoms with Gasteiger partial charge in [0, 0.05) is 23.7 Å². The Bertz CT molecular complexity index is 1830. The van der Waals surface area contributed by atoms with Crippen LogP contribution in [0.15, 0.2) is 34.9 Å². The van der Waals surface area contributed by atoms with Crippen LogP contribution in [0.25, 0.3) is 0 Å². The second kappa shape index (κ2) is 15.4. The summed E-state index contributed by atoms with van der Waals surface area (Å²) < 4.78 is 88.5. The Balaban J connectivity index is 1.05. The second-order valence-electron chi connectivity index (χ2n) is 17.6. The van der Waals surface area contributed by atoms with Gasteiger partial charge in [0.25, 0.3) is 0 Å². The van der Waals surface area contributed by atoms with Crippen LogP contribution in [-0.2, 0) is 57.8 Å². The van der Waals surface area contributed by atoms with Crippen LogP contribution in [0.1, 0.15) is 90.4 Å². The molecule has 308 valence electrons. The number of ketones is 1. The number of aldehydes is 1. The molecule has 1 saturated heterocycles. The molecular weight excluding hydrogens is 758 g/mol. The normalized spacial score (nSPS) is 36.9. The third-order valence-electron chi connectivity index (χ3n) is 13.1. The van der Waals surface area contributed by atoms with Crippen molar-refractivity contribution in [3.05, 3.63) is 34.9 Å². The fraction of sp³-hybridized carbons (Fsp3) is 0.725. The molecular formula is C40H50F2O13S. The van der Waals surface area contributed by atoms with E-state index in [1.165, 1.54) is 0 Å². The van der Waals surface area contributed by atoms with E-state index in [-0.39, 0.29) is 62.8 Å². The highest BCUT2D eigenvalue weighted by molar-refractivity contribution is 7.86. The van der Waals surface area contributed by atoms with Gasteiger partial charge in [-0.05, 0) is 83.5 Å². The van der Waals surface area contributed by atoms with Crippen LogP contribution in [0, 0.1) is 45.8 Å². The minimum atomic E-state index is -5.80. The molecule has 7 rings (SSSR count). The summed E-state index contributed by atoms with van der Waals surface area (Å²) in [5.74, 6) is -3.64.